The van der Waals surface area contributed by atoms with Crippen LogP contribution in [0.15, 0.2) is 0 Å². The van der Waals surface area contributed by atoms with Crippen LogP contribution in [0, 0.1) is 40.4 Å². The third-order valence-electron chi connectivity index (χ3n) is 9.72. The van der Waals surface area contributed by atoms with Gasteiger partial charge in [0.2, 0.25) is 0 Å². The number of aliphatic hydroxyl groups excluding tert-OH is 2. The summed E-state index contributed by atoms with van der Waals surface area (Å²) >= 11 is 0. The Morgan fingerprint density at radius 1 is 1.07 bits per heavy atom. The Morgan fingerprint density at radius 2 is 1.85 bits per heavy atom. The smallest absolute Gasteiger partial charge is 0.302 e. The fourth-order valence-electron chi connectivity index (χ4n) is 8.27. The van der Waals surface area contributed by atoms with E-state index in [9.17, 15) is 15.0 Å². The van der Waals surface area contributed by atoms with Crippen LogP contribution in [0.4, 0.5) is 0 Å². The lowest BCUT2D eigenvalue weighted by molar-refractivity contribution is -0.178. The fraction of sp³-hybridized carbons (Fsp3) is 0.957. The molecule has 4 heteroatoms. The summed E-state index contributed by atoms with van der Waals surface area (Å²) in [5.74, 6) is 2.84. The van der Waals surface area contributed by atoms with Crippen molar-refractivity contribution in [2.24, 2.45) is 40.4 Å². The Hall–Kier alpha value is -0.610. The third kappa shape index (κ3) is 2.97. The van der Waals surface area contributed by atoms with Gasteiger partial charge in [-0.05, 0) is 98.2 Å². The second kappa shape index (κ2) is 7.02. The van der Waals surface area contributed by atoms with Gasteiger partial charge in [-0.3, -0.25) is 4.79 Å². The van der Waals surface area contributed by atoms with Gasteiger partial charge in [-0.15, -0.1) is 0 Å². The van der Waals surface area contributed by atoms with Crippen molar-refractivity contribution in [3.63, 3.8) is 0 Å². The minimum absolute atomic E-state index is 0.0119. The van der Waals surface area contributed by atoms with Crippen LogP contribution in [0.1, 0.15) is 78.6 Å². The molecule has 4 aliphatic carbocycles. The second-order valence-electron chi connectivity index (χ2n) is 10.6. The Morgan fingerprint density at radius 3 is 2.56 bits per heavy atom. The summed E-state index contributed by atoms with van der Waals surface area (Å²) in [6.45, 7) is 6.54. The number of carbonyl (C=O) groups excluding carboxylic acids is 1. The summed E-state index contributed by atoms with van der Waals surface area (Å²) in [6.07, 6.45) is 9.59. The maximum atomic E-state index is 11.4. The molecule has 4 nitrogen and oxygen atoms in total. The molecule has 0 aromatic heterocycles. The van der Waals surface area contributed by atoms with E-state index in [0.717, 1.165) is 38.5 Å². The summed E-state index contributed by atoms with van der Waals surface area (Å²) in [6, 6.07) is 0. The van der Waals surface area contributed by atoms with Crippen molar-refractivity contribution in [2.45, 2.75) is 90.8 Å². The molecule has 27 heavy (non-hydrogen) atoms. The molecule has 4 saturated carbocycles. The molecule has 0 amide bonds. The number of fused-ring (bicyclic) bond motifs is 5. The highest BCUT2D eigenvalue weighted by atomic mass is 16.5. The zero-order valence-corrected chi connectivity index (χ0v) is 17.3. The lowest BCUT2D eigenvalue weighted by Gasteiger charge is -2.62. The van der Waals surface area contributed by atoms with E-state index in [0.29, 0.717) is 29.6 Å². The molecule has 4 rings (SSSR count). The van der Waals surface area contributed by atoms with E-state index in [1.807, 2.05) is 0 Å². The van der Waals surface area contributed by atoms with Crippen LogP contribution in [-0.2, 0) is 9.53 Å². The lowest BCUT2D eigenvalue weighted by Crippen LogP contribution is -2.58. The van der Waals surface area contributed by atoms with Gasteiger partial charge in [-0.25, -0.2) is 0 Å². The number of hydrogen-bond donors (Lipinski definition) is 2. The Bertz CT molecular complexity index is 577. The Balaban J connectivity index is 1.55. The first-order valence-corrected chi connectivity index (χ1v) is 11.3. The van der Waals surface area contributed by atoms with Crippen molar-refractivity contribution < 1.29 is 19.7 Å². The Kier molecular flexibility index (Phi) is 5.12. The van der Waals surface area contributed by atoms with Crippen molar-refractivity contribution in [1.29, 1.82) is 0 Å². The molecule has 0 aromatic carbocycles. The molecule has 3 unspecified atom stereocenters. The predicted molar refractivity (Wildman–Crippen MR) is 104 cm³/mol. The number of hydrogen-bond acceptors (Lipinski definition) is 4. The Labute approximate surface area is 164 Å². The number of aliphatic hydroxyl groups is 2. The maximum Gasteiger partial charge on any atom is 0.302 e. The van der Waals surface area contributed by atoms with E-state index in [2.05, 4.69) is 13.8 Å². The molecule has 4 aliphatic rings. The van der Waals surface area contributed by atoms with Gasteiger partial charge in [0.1, 0.15) is 6.10 Å². The van der Waals surface area contributed by atoms with Gasteiger partial charge < -0.3 is 14.9 Å². The lowest BCUT2D eigenvalue weighted by atomic mass is 9.44. The summed E-state index contributed by atoms with van der Waals surface area (Å²) in [5.41, 5.74) is 0.263. The van der Waals surface area contributed by atoms with Crippen molar-refractivity contribution in [3.8, 4) is 0 Å². The highest BCUT2D eigenvalue weighted by Gasteiger charge is 2.63. The van der Waals surface area contributed by atoms with Gasteiger partial charge in [0, 0.05) is 13.5 Å². The molecule has 0 aromatic rings. The highest BCUT2D eigenvalue weighted by molar-refractivity contribution is 5.66. The zero-order chi connectivity index (χ0) is 19.4. The van der Waals surface area contributed by atoms with Crippen molar-refractivity contribution >= 4 is 5.97 Å². The van der Waals surface area contributed by atoms with E-state index in [4.69, 9.17) is 4.74 Å². The highest BCUT2D eigenvalue weighted by Crippen LogP contribution is 2.67. The fourth-order valence-corrected chi connectivity index (χ4v) is 8.27. The first-order chi connectivity index (χ1) is 12.8. The van der Waals surface area contributed by atoms with Crippen molar-refractivity contribution in [2.75, 3.05) is 6.61 Å². The van der Waals surface area contributed by atoms with E-state index in [-0.39, 0.29) is 35.6 Å². The quantitative estimate of drug-likeness (QED) is 0.730. The van der Waals surface area contributed by atoms with Crippen molar-refractivity contribution in [3.05, 3.63) is 0 Å². The maximum absolute atomic E-state index is 11.4. The number of esters is 1. The van der Waals surface area contributed by atoms with Gasteiger partial charge >= 0.3 is 5.97 Å². The second-order valence-corrected chi connectivity index (χ2v) is 10.6. The van der Waals surface area contributed by atoms with Gasteiger partial charge in [0.05, 0.1) is 6.10 Å². The molecule has 0 aliphatic heterocycles. The van der Waals surface area contributed by atoms with Crippen molar-refractivity contribution in [1.82, 2.24) is 0 Å². The molecule has 154 valence electrons. The average Bonchev–Trinajstić information content (AvgIpc) is 2.95. The van der Waals surface area contributed by atoms with Crippen LogP contribution >= 0.6 is 0 Å². The molecule has 0 spiro atoms. The first-order valence-electron chi connectivity index (χ1n) is 11.3. The van der Waals surface area contributed by atoms with Crippen LogP contribution in [0.3, 0.4) is 0 Å². The minimum atomic E-state index is -0.246. The van der Waals surface area contributed by atoms with Gasteiger partial charge in [-0.1, -0.05) is 13.8 Å². The van der Waals surface area contributed by atoms with Gasteiger partial charge in [-0.2, -0.15) is 0 Å². The van der Waals surface area contributed by atoms with Crippen LogP contribution in [0.5, 0.6) is 0 Å². The number of carbonyl (C=O) groups is 1. The summed E-state index contributed by atoms with van der Waals surface area (Å²) in [4.78, 5) is 11.4. The average molecular weight is 379 g/mol. The summed E-state index contributed by atoms with van der Waals surface area (Å²) in [5, 5.41) is 20.8. The molecular weight excluding hydrogens is 340 g/mol. The van der Waals surface area contributed by atoms with Crippen LogP contribution < -0.4 is 0 Å². The normalized spacial score (nSPS) is 51.8. The first kappa shape index (κ1) is 19.7. The molecule has 9 atom stereocenters. The topological polar surface area (TPSA) is 66.8 Å². The monoisotopic (exact) mass is 378 g/mol. The molecule has 0 radical (unpaired) electrons. The largest absolute Gasteiger partial charge is 0.463 e. The SMILES string of the molecule is CC(=O)O[C@@H]1CC[C@]2(C)C3C[C@H](O)[C@@]4(C)C(CC[C@@H]4CCO)C3CC[C@@H]2C1. The molecule has 0 heterocycles. The summed E-state index contributed by atoms with van der Waals surface area (Å²) in [7, 11) is 0. The third-order valence-corrected chi connectivity index (χ3v) is 9.72. The van der Waals surface area contributed by atoms with Crippen LogP contribution in [0.25, 0.3) is 0 Å². The minimum Gasteiger partial charge on any atom is -0.463 e. The molecule has 4 fully saturated rings. The molecular formula is C23H38O4. The van der Waals surface area contributed by atoms with Gasteiger partial charge in [0.15, 0.2) is 0 Å². The standard InChI is InChI=1S/C23H38O4/c1-14(25)27-17-8-10-22(2)16(12-17)4-6-18-19-7-5-15(9-11-24)23(19,3)21(26)13-20(18)22/h15-21,24,26H,4-13H2,1-3H3/t15-,16-,17-,18?,19?,20?,21+,22+,23-/m1/s1. The van der Waals surface area contributed by atoms with E-state index in [1.165, 1.54) is 26.2 Å². The van der Waals surface area contributed by atoms with Crippen LogP contribution in [-0.4, -0.2) is 35.0 Å². The zero-order valence-electron chi connectivity index (χ0n) is 17.3. The number of rotatable bonds is 3. The predicted octanol–water partition coefficient (Wildman–Crippen LogP) is 3.93. The van der Waals surface area contributed by atoms with E-state index < -0.39 is 0 Å². The van der Waals surface area contributed by atoms with E-state index in [1.54, 1.807) is 0 Å². The van der Waals surface area contributed by atoms with Gasteiger partial charge in [0.25, 0.3) is 0 Å². The van der Waals surface area contributed by atoms with E-state index >= 15 is 0 Å². The molecule has 2 N–H and O–H groups in total. The number of ether oxygens (including phenoxy) is 1. The molecule has 0 bridgehead atoms. The summed E-state index contributed by atoms with van der Waals surface area (Å²) < 4.78 is 5.56. The van der Waals surface area contributed by atoms with Crippen LogP contribution in [0.2, 0.25) is 0 Å². The molecule has 0 saturated heterocycles.